The standard InChI is InChI=1S/C8H4N2O2S/c9-3-4-6(11)7-5(1-2-13-7)10-8(4)12/h1-2,4H,(H,10,12). The topological polar surface area (TPSA) is 70.0 Å². The molecular formula is C8H4N2O2S. The zero-order valence-corrected chi connectivity index (χ0v) is 7.22. The summed E-state index contributed by atoms with van der Waals surface area (Å²) in [7, 11) is 0. The maximum absolute atomic E-state index is 11.4. The second-order valence-electron chi connectivity index (χ2n) is 2.58. The highest BCUT2D eigenvalue weighted by atomic mass is 32.1. The molecule has 0 spiro atoms. The SMILES string of the molecule is N#CC1C(=O)Nc2ccsc2C1=O. The van der Waals surface area contributed by atoms with Gasteiger partial charge in [0.2, 0.25) is 11.7 Å². The van der Waals surface area contributed by atoms with E-state index in [-0.39, 0.29) is 0 Å². The molecule has 2 heterocycles. The highest BCUT2D eigenvalue weighted by Gasteiger charge is 2.35. The Labute approximate surface area is 77.8 Å². The van der Waals surface area contributed by atoms with Crippen LogP contribution in [0.5, 0.6) is 0 Å². The third-order valence-electron chi connectivity index (χ3n) is 1.80. The van der Waals surface area contributed by atoms with Crippen molar-refractivity contribution in [1.29, 1.82) is 5.26 Å². The van der Waals surface area contributed by atoms with Crippen LogP contribution in [0, 0.1) is 17.2 Å². The minimum absolute atomic E-state index is 0.392. The van der Waals surface area contributed by atoms with Gasteiger partial charge in [0.15, 0.2) is 5.92 Å². The van der Waals surface area contributed by atoms with Gasteiger partial charge in [-0.15, -0.1) is 11.3 Å². The van der Waals surface area contributed by atoms with Crippen molar-refractivity contribution in [2.24, 2.45) is 5.92 Å². The highest BCUT2D eigenvalue weighted by molar-refractivity contribution is 7.13. The van der Waals surface area contributed by atoms with E-state index in [4.69, 9.17) is 5.26 Å². The minimum atomic E-state index is -1.17. The Balaban J connectivity index is 2.53. The fourth-order valence-electron chi connectivity index (χ4n) is 1.17. The van der Waals surface area contributed by atoms with Crippen LogP contribution in [-0.4, -0.2) is 11.7 Å². The molecule has 1 amide bonds. The van der Waals surface area contributed by atoms with Crippen LogP contribution < -0.4 is 5.32 Å². The first-order valence-electron chi connectivity index (χ1n) is 3.56. The lowest BCUT2D eigenvalue weighted by molar-refractivity contribution is -0.117. The number of hydrogen-bond acceptors (Lipinski definition) is 4. The maximum Gasteiger partial charge on any atom is 0.249 e. The van der Waals surface area contributed by atoms with Crippen LogP contribution in [-0.2, 0) is 4.79 Å². The Morgan fingerprint density at radius 1 is 1.54 bits per heavy atom. The number of nitrogens with zero attached hydrogens (tertiary/aromatic N) is 1. The number of carbonyl (C=O) groups is 2. The molecule has 13 heavy (non-hydrogen) atoms. The molecule has 0 saturated carbocycles. The van der Waals surface area contributed by atoms with E-state index >= 15 is 0 Å². The first-order valence-corrected chi connectivity index (χ1v) is 4.44. The lowest BCUT2D eigenvalue weighted by Gasteiger charge is -2.14. The van der Waals surface area contributed by atoms with Crippen LogP contribution in [0.2, 0.25) is 0 Å². The molecule has 4 nitrogen and oxygen atoms in total. The zero-order chi connectivity index (χ0) is 9.42. The molecule has 0 aliphatic carbocycles. The summed E-state index contributed by atoms with van der Waals surface area (Å²) < 4.78 is 0. The van der Waals surface area contributed by atoms with E-state index in [2.05, 4.69) is 5.32 Å². The third-order valence-corrected chi connectivity index (χ3v) is 2.73. The molecule has 0 bridgehead atoms. The van der Waals surface area contributed by atoms with Gasteiger partial charge in [-0.25, -0.2) is 0 Å². The van der Waals surface area contributed by atoms with Crippen LogP contribution >= 0.6 is 11.3 Å². The van der Waals surface area contributed by atoms with Crippen molar-refractivity contribution in [3.8, 4) is 6.07 Å². The monoisotopic (exact) mass is 192 g/mol. The van der Waals surface area contributed by atoms with Crippen LogP contribution in [0.1, 0.15) is 9.67 Å². The molecule has 0 fully saturated rings. The van der Waals surface area contributed by atoms with E-state index < -0.39 is 17.6 Å². The van der Waals surface area contributed by atoms with Crippen molar-refractivity contribution >= 4 is 28.7 Å². The van der Waals surface area contributed by atoms with E-state index in [1.54, 1.807) is 17.5 Å². The van der Waals surface area contributed by atoms with Crippen molar-refractivity contribution in [2.45, 2.75) is 0 Å². The highest BCUT2D eigenvalue weighted by Crippen LogP contribution is 2.29. The molecule has 1 atom stereocenters. The van der Waals surface area contributed by atoms with Gasteiger partial charge in [-0.05, 0) is 11.4 Å². The predicted molar refractivity (Wildman–Crippen MR) is 46.4 cm³/mol. The molecule has 0 saturated heterocycles. The van der Waals surface area contributed by atoms with E-state index in [1.165, 1.54) is 11.3 Å². The number of Topliss-reactive ketones (excluding diaryl/α,β-unsaturated/α-hetero) is 1. The van der Waals surface area contributed by atoms with Crippen molar-refractivity contribution in [3.63, 3.8) is 0 Å². The third kappa shape index (κ3) is 1.03. The fraction of sp³-hybridized carbons (Fsp3) is 0.125. The van der Waals surface area contributed by atoms with E-state index in [1.807, 2.05) is 0 Å². The molecular weight excluding hydrogens is 188 g/mol. The number of ketones is 1. The van der Waals surface area contributed by atoms with Gasteiger partial charge in [0.1, 0.15) is 0 Å². The molecule has 1 aliphatic rings. The number of hydrogen-bond donors (Lipinski definition) is 1. The Bertz CT molecular complexity index is 430. The van der Waals surface area contributed by atoms with Crippen LogP contribution in [0.4, 0.5) is 5.69 Å². The van der Waals surface area contributed by atoms with E-state index in [0.29, 0.717) is 10.6 Å². The smallest absolute Gasteiger partial charge is 0.249 e. The molecule has 1 aromatic heterocycles. The zero-order valence-electron chi connectivity index (χ0n) is 6.40. The average molecular weight is 192 g/mol. The summed E-state index contributed by atoms with van der Waals surface area (Å²) in [6, 6.07) is 3.34. The van der Waals surface area contributed by atoms with Gasteiger partial charge in [0, 0.05) is 0 Å². The Morgan fingerprint density at radius 2 is 2.31 bits per heavy atom. The molecule has 1 N–H and O–H groups in total. The van der Waals surface area contributed by atoms with Crippen molar-refractivity contribution in [1.82, 2.24) is 0 Å². The summed E-state index contributed by atoms with van der Waals surface area (Å²) >= 11 is 1.24. The Kier molecular flexibility index (Phi) is 1.64. The molecule has 64 valence electrons. The second-order valence-corrected chi connectivity index (χ2v) is 3.50. The van der Waals surface area contributed by atoms with Gasteiger partial charge in [-0.2, -0.15) is 5.26 Å². The number of fused-ring (bicyclic) bond motifs is 1. The number of carbonyl (C=O) groups excluding carboxylic acids is 2. The number of anilines is 1. The van der Waals surface area contributed by atoms with Crippen LogP contribution in [0.3, 0.4) is 0 Å². The van der Waals surface area contributed by atoms with E-state index in [9.17, 15) is 9.59 Å². The van der Waals surface area contributed by atoms with Gasteiger partial charge in [-0.1, -0.05) is 0 Å². The molecule has 0 aromatic carbocycles. The normalized spacial score (nSPS) is 20.4. The first kappa shape index (κ1) is 7.95. The largest absolute Gasteiger partial charge is 0.323 e. The molecule has 2 rings (SSSR count). The van der Waals surface area contributed by atoms with Gasteiger partial charge < -0.3 is 5.32 Å². The number of rotatable bonds is 0. The van der Waals surface area contributed by atoms with Gasteiger partial charge in [0.25, 0.3) is 0 Å². The molecule has 1 aromatic rings. The summed E-state index contributed by atoms with van der Waals surface area (Å²) in [6.45, 7) is 0. The average Bonchev–Trinajstić information content (AvgIpc) is 2.53. The lowest BCUT2D eigenvalue weighted by Crippen LogP contribution is -2.33. The van der Waals surface area contributed by atoms with Crippen molar-refractivity contribution in [3.05, 3.63) is 16.3 Å². The number of amides is 1. The maximum atomic E-state index is 11.4. The number of nitrogens with one attached hydrogen (secondary N) is 1. The molecule has 1 aliphatic heterocycles. The van der Waals surface area contributed by atoms with Gasteiger partial charge >= 0.3 is 0 Å². The predicted octanol–water partition coefficient (Wildman–Crippen LogP) is 1.02. The second kappa shape index (κ2) is 2.68. The Hall–Kier alpha value is -1.67. The summed E-state index contributed by atoms with van der Waals surface area (Å²) in [5.74, 6) is -2.10. The minimum Gasteiger partial charge on any atom is -0.323 e. The molecule has 1 unspecified atom stereocenters. The summed E-state index contributed by atoms with van der Waals surface area (Å²) in [4.78, 5) is 23.1. The summed E-state index contributed by atoms with van der Waals surface area (Å²) in [5, 5.41) is 12.8. The van der Waals surface area contributed by atoms with Gasteiger partial charge in [-0.3, -0.25) is 9.59 Å². The molecule has 5 heteroatoms. The van der Waals surface area contributed by atoms with Gasteiger partial charge in [0.05, 0.1) is 16.6 Å². The van der Waals surface area contributed by atoms with Crippen molar-refractivity contribution in [2.75, 3.05) is 5.32 Å². The first-order chi connectivity index (χ1) is 6.24. The Morgan fingerprint density at radius 3 is 3.00 bits per heavy atom. The quantitative estimate of drug-likeness (QED) is 0.624. The number of thiophene rings is 1. The van der Waals surface area contributed by atoms with E-state index in [0.717, 1.165) is 0 Å². The fourth-order valence-corrected chi connectivity index (χ4v) is 1.99. The number of nitriles is 1. The summed E-state index contributed by atoms with van der Waals surface area (Å²) in [5.41, 5.74) is 0.520. The van der Waals surface area contributed by atoms with Crippen LogP contribution in [0.15, 0.2) is 11.4 Å². The van der Waals surface area contributed by atoms with Crippen molar-refractivity contribution < 1.29 is 9.59 Å². The molecule has 0 radical (unpaired) electrons. The summed E-state index contributed by atoms with van der Waals surface area (Å²) in [6.07, 6.45) is 0. The lowest BCUT2D eigenvalue weighted by atomic mass is 9.99. The van der Waals surface area contributed by atoms with Crippen LogP contribution in [0.25, 0.3) is 0 Å².